The third-order valence-electron chi connectivity index (χ3n) is 1.98. The molecule has 0 unspecified atom stereocenters. The molecule has 0 aliphatic heterocycles. The first-order valence-corrected chi connectivity index (χ1v) is 4.72. The minimum absolute atomic E-state index is 0.0144. The van der Waals surface area contributed by atoms with Gasteiger partial charge in [-0.05, 0) is 24.3 Å². The van der Waals surface area contributed by atoms with Gasteiger partial charge in [0, 0.05) is 12.6 Å². The van der Waals surface area contributed by atoms with Crippen LogP contribution < -0.4 is 4.74 Å². The lowest BCUT2D eigenvalue weighted by Gasteiger charge is -2.13. The first-order valence-electron chi connectivity index (χ1n) is 4.72. The van der Waals surface area contributed by atoms with Gasteiger partial charge in [-0.2, -0.15) is 14.0 Å². The van der Waals surface area contributed by atoms with Crippen LogP contribution in [0.5, 0.6) is 5.75 Å². The van der Waals surface area contributed by atoms with Gasteiger partial charge >= 0.3 is 6.61 Å². The Balaban J connectivity index is 2.74. The number of benzene rings is 1. The largest absolute Gasteiger partial charge is 0.435 e. The highest BCUT2D eigenvalue weighted by atomic mass is 19.3. The van der Waals surface area contributed by atoms with Crippen molar-refractivity contribution < 1.29 is 18.3 Å². The van der Waals surface area contributed by atoms with Crippen LogP contribution in [0, 0.1) is 11.3 Å². The Morgan fingerprint density at radius 2 is 2.06 bits per heavy atom. The fourth-order valence-corrected chi connectivity index (χ4v) is 1.18. The van der Waals surface area contributed by atoms with Crippen LogP contribution in [0.4, 0.5) is 8.78 Å². The molecule has 0 aliphatic rings. The summed E-state index contributed by atoms with van der Waals surface area (Å²) in [5, 5.41) is 8.43. The van der Waals surface area contributed by atoms with Crippen molar-refractivity contribution in [1.29, 1.82) is 5.26 Å². The SMILES string of the molecule is CN(CC#N)C(=O)c1ccc(OC(F)F)cc1. The minimum Gasteiger partial charge on any atom is -0.435 e. The molecule has 0 saturated carbocycles. The van der Waals surface area contributed by atoms with Crippen molar-refractivity contribution in [3.63, 3.8) is 0 Å². The molecular weight excluding hydrogens is 230 g/mol. The summed E-state index contributed by atoms with van der Waals surface area (Å²) < 4.78 is 27.9. The highest BCUT2D eigenvalue weighted by Gasteiger charge is 2.11. The Morgan fingerprint density at radius 3 is 2.53 bits per heavy atom. The molecule has 90 valence electrons. The van der Waals surface area contributed by atoms with Crippen molar-refractivity contribution in [2.24, 2.45) is 0 Å². The van der Waals surface area contributed by atoms with Crippen LogP contribution in [0.2, 0.25) is 0 Å². The molecule has 1 rings (SSSR count). The van der Waals surface area contributed by atoms with Crippen LogP contribution >= 0.6 is 0 Å². The number of nitriles is 1. The highest BCUT2D eigenvalue weighted by Crippen LogP contribution is 2.15. The normalized spacial score (nSPS) is 9.82. The van der Waals surface area contributed by atoms with E-state index in [0.717, 1.165) is 0 Å². The Morgan fingerprint density at radius 1 is 1.47 bits per heavy atom. The molecule has 0 atom stereocenters. The van der Waals surface area contributed by atoms with Crippen LogP contribution in [0.15, 0.2) is 24.3 Å². The summed E-state index contributed by atoms with van der Waals surface area (Å²) in [6, 6.07) is 7.13. The maximum absolute atomic E-state index is 11.9. The zero-order chi connectivity index (χ0) is 12.8. The van der Waals surface area contributed by atoms with E-state index in [9.17, 15) is 13.6 Å². The second-order valence-corrected chi connectivity index (χ2v) is 3.22. The molecule has 1 amide bonds. The number of rotatable bonds is 4. The number of amides is 1. The van der Waals surface area contributed by atoms with E-state index in [2.05, 4.69) is 4.74 Å². The first kappa shape index (κ1) is 12.9. The summed E-state index contributed by atoms with van der Waals surface area (Å²) in [7, 11) is 1.48. The maximum atomic E-state index is 11.9. The zero-order valence-corrected chi connectivity index (χ0v) is 9.06. The minimum atomic E-state index is -2.89. The number of ether oxygens (including phenoxy) is 1. The first-order chi connectivity index (χ1) is 8.04. The van der Waals surface area contributed by atoms with E-state index in [4.69, 9.17) is 5.26 Å². The van der Waals surface area contributed by atoms with Gasteiger partial charge in [0.15, 0.2) is 0 Å². The number of alkyl halides is 2. The molecule has 17 heavy (non-hydrogen) atoms. The molecule has 0 saturated heterocycles. The molecule has 1 aromatic carbocycles. The lowest BCUT2D eigenvalue weighted by molar-refractivity contribution is -0.0498. The van der Waals surface area contributed by atoms with Crippen LogP contribution in [-0.4, -0.2) is 31.0 Å². The standard InChI is InChI=1S/C11H10F2N2O2/c1-15(7-6-14)10(16)8-2-4-9(5-3-8)17-11(12)13/h2-5,11H,7H2,1H3. The lowest BCUT2D eigenvalue weighted by atomic mass is 10.2. The molecule has 0 fully saturated rings. The fraction of sp³-hybridized carbons (Fsp3) is 0.273. The highest BCUT2D eigenvalue weighted by molar-refractivity contribution is 5.94. The predicted molar refractivity (Wildman–Crippen MR) is 55.6 cm³/mol. The van der Waals surface area contributed by atoms with Crippen molar-refractivity contribution in [3.05, 3.63) is 29.8 Å². The van der Waals surface area contributed by atoms with E-state index >= 15 is 0 Å². The van der Waals surface area contributed by atoms with Gasteiger partial charge in [0.2, 0.25) is 0 Å². The Kier molecular flexibility index (Phi) is 4.40. The van der Waals surface area contributed by atoms with Gasteiger partial charge in [0.05, 0.1) is 6.07 Å². The number of carbonyl (C=O) groups excluding carboxylic acids is 1. The molecule has 0 radical (unpaired) electrons. The van der Waals surface area contributed by atoms with E-state index in [0.29, 0.717) is 5.56 Å². The molecule has 0 aliphatic carbocycles. The number of hydrogen-bond donors (Lipinski definition) is 0. The van der Waals surface area contributed by atoms with E-state index in [1.165, 1.54) is 36.2 Å². The van der Waals surface area contributed by atoms with Crippen molar-refractivity contribution in [2.45, 2.75) is 6.61 Å². The Hall–Kier alpha value is -2.16. The summed E-state index contributed by atoms with van der Waals surface area (Å²) >= 11 is 0. The number of carbonyl (C=O) groups is 1. The third kappa shape index (κ3) is 3.72. The average Bonchev–Trinajstić information content (AvgIpc) is 2.28. The van der Waals surface area contributed by atoms with Crippen LogP contribution in [0.1, 0.15) is 10.4 Å². The molecule has 0 heterocycles. The summed E-state index contributed by atoms with van der Waals surface area (Å²) in [5.74, 6) is -0.366. The number of nitrogens with zero attached hydrogens (tertiary/aromatic N) is 2. The van der Waals surface area contributed by atoms with E-state index in [-0.39, 0.29) is 18.2 Å². The second-order valence-electron chi connectivity index (χ2n) is 3.22. The topological polar surface area (TPSA) is 53.3 Å². The van der Waals surface area contributed by atoms with Crippen LogP contribution in [-0.2, 0) is 0 Å². The van der Waals surface area contributed by atoms with Crippen LogP contribution in [0.3, 0.4) is 0 Å². The van der Waals surface area contributed by atoms with Gasteiger partial charge in [0.25, 0.3) is 5.91 Å². The Bertz CT molecular complexity index is 426. The molecule has 0 N–H and O–H groups in total. The molecule has 6 heteroatoms. The van der Waals surface area contributed by atoms with Gasteiger partial charge in [-0.25, -0.2) is 0 Å². The fourth-order valence-electron chi connectivity index (χ4n) is 1.18. The predicted octanol–water partition coefficient (Wildman–Crippen LogP) is 1.88. The second kappa shape index (κ2) is 5.80. The van der Waals surface area contributed by atoms with Crippen molar-refractivity contribution in [1.82, 2.24) is 4.90 Å². The average molecular weight is 240 g/mol. The zero-order valence-electron chi connectivity index (χ0n) is 9.06. The molecule has 0 aromatic heterocycles. The van der Waals surface area contributed by atoms with E-state index in [1.807, 2.05) is 6.07 Å². The lowest BCUT2D eigenvalue weighted by Crippen LogP contribution is -2.26. The summed E-state index contributed by atoms with van der Waals surface area (Å²) in [5.41, 5.74) is 0.310. The summed E-state index contributed by atoms with van der Waals surface area (Å²) in [4.78, 5) is 12.9. The van der Waals surface area contributed by atoms with Gasteiger partial charge in [-0.3, -0.25) is 4.79 Å². The monoisotopic (exact) mass is 240 g/mol. The van der Waals surface area contributed by atoms with Gasteiger partial charge in [-0.1, -0.05) is 0 Å². The number of hydrogen-bond acceptors (Lipinski definition) is 3. The third-order valence-corrected chi connectivity index (χ3v) is 1.98. The van der Waals surface area contributed by atoms with Gasteiger partial charge in [0.1, 0.15) is 12.3 Å². The van der Waals surface area contributed by atoms with E-state index in [1.54, 1.807) is 0 Å². The van der Waals surface area contributed by atoms with Crippen molar-refractivity contribution in [2.75, 3.05) is 13.6 Å². The summed E-state index contributed by atoms with van der Waals surface area (Å²) in [6.45, 7) is -2.92. The smallest absolute Gasteiger partial charge is 0.387 e. The molecule has 4 nitrogen and oxygen atoms in total. The Labute approximate surface area is 97.0 Å². The number of halogens is 2. The van der Waals surface area contributed by atoms with Crippen LogP contribution in [0.25, 0.3) is 0 Å². The molecule has 0 spiro atoms. The quantitative estimate of drug-likeness (QED) is 0.755. The molecular formula is C11H10F2N2O2. The maximum Gasteiger partial charge on any atom is 0.387 e. The van der Waals surface area contributed by atoms with E-state index < -0.39 is 6.61 Å². The molecule has 1 aromatic rings. The van der Waals surface area contributed by atoms with Gasteiger partial charge < -0.3 is 9.64 Å². The summed E-state index contributed by atoms with van der Waals surface area (Å²) in [6.07, 6.45) is 0. The molecule has 0 bridgehead atoms. The van der Waals surface area contributed by atoms with Crippen molar-refractivity contribution >= 4 is 5.91 Å². The van der Waals surface area contributed by atoms with Gasteiger partial charge in [-0.15, -0.1) is 0 Å². The van der Waals surface area contributed by atoms with Crippen molar-refractivity contribution in [3.8, 4) is 11.8 Å².